The molecule has 0 atom stereocenters. The van der Waals surface area contributed by atoms with Gasteiger partial charge in [0, 0.05) is 10.7 Å². The molecule has 0 amide bonds. The number of rotatable bonds is 7. The zero-order chi connectivity index (χ0) is 13.5. The van der Waals surface area contributed by atoms with Crippen LogP contribution in [0.2, 0.25) is 0 Å². The molecule has 1 N–H and O–H groups in total. The van der Waals surface area contributed by atoms with Crippen molar-refractivity contribution in [3.63, 3.8) is 0 Å². The fourth-order valence-corrected chi connectivity index (χ4v) is 2.49. The van der Waals surface area contributed by atoms with Crippen molar-refractivity contribution in [1.29, 1.82) is 0 Å². The molecule has 0 aliphatic heterocycles. The lowest BCUT2D eigenvalue weighted by atomic mass is 10.2. The minimum atomic E-state index is 0.826. The first-order chi connectivity index (χ1) is 9.28. The predicted octanol–water partition coefficient (Wildman–Crippen LogP) is 3.24. The summed E-state index contributed by atoms with van der Waals surface area (Å²) in [4.78, 5) is 0. The molecular formula is C15H20BrN3. The van der Waals surface area contributed by atoms with Gasteiger partial charge in [-0.15, -0.1) is 0 Å². The fraction of sp³-hybridized carbons (Fsp3) is 0.400. The Bertz CT molecular complexity index is 508. The van der Waals surface area contributed by atoms with Crippen molar-refractivity contribution in [1.82, 2.24) is 15.1 Å². The Balaban J connectivity index is 1.87. The molecule has 4 heteroatoms. The fourth-order valence-electron chi connectivity index (χ4n) is 2.04. The third kappa shape index (κ3) is 4.80. The van der Waals surface area contributed by atoms with E-state index < -0.39 is 0 Å². The monoisotopic (exact) mass is 321 g/mol. The molecule has 0 aliphatic rings. The molecule has 0 saturated carbocycles. The van der Waals surface area contributed by atoms with E-state index in [0.29, 0.717) is 0 Å². The van der Waals surface area contributed by atoms with E-state index in [1.54, 1.807) is 0 Å². The van der Waals surface area contributed by atoms with Crippen molar-refractivity contribution in [2.45, 2.75) is 26.3 Å². The number of benzene rings is 1. The zero-order valence-electron chi connectivity index (χ0n) is 11.3. The van der Waals surface area contributed by atoms with Crippen LogP contribution in [0.4, 0.5) is 0 Å². The molecule has 2 aromatic rings. The van der Waals surface area contributed by atoms with E-state index in [1.807, 2.05) is 16.9 Å². The van der Waals surface area contributed by atoms with Crippen LogP contribution in [0.1, 0.15) is 24.5 Å². The second-order valence-corrected chi connectivity index (χ2v) is 5.55. The smallest absolute Gasteiger partial charge is 0.0659 e. The molecule has 19 heavy (non-hydrogen) atoms. The van der Waals surface area contributed by atoms with Gasteiger partial charge in [0.05, 0.1) is 12.7 Å². The van der Waals surface area contributed by atoms with Crippen LogP contribution in [0.15, 0.2) is 41.1 Å². The van der Waals surface area contributed by atoms with Gasteiger partial charge in [0.25, 0.3) is 0 Å². The quantitative estimate of drug-likeness (QED) is 0.793. The third-order valence-electron chi connectivity index (χ3n) is 2.99. The van der Waals surface area contributed by atoms with Gasteiger partial charge < -0.3 is 5.32 Å². The van der Waals surface area contributed by atoms with Crippen LogP contribution >= 0.6 is 15.9 Å². The number of nitrogens with zero attached hydrogens (tertiary/aromatic N) is 2. The molecule has 102 valence electrons. The first kappa shape index (κ1) is 14.3. The van der Waals surface area contributed by atoms with E-state index in [2.05, 4.69) is 57.7 Å². The summed E-state index contributed by atoms with van der Waals surface area (Å²) in [5.41, 5.74) is 2.57. The van der Waals surface area contributed by atoms with Gasteiger partial charge >= 0.3 is 0 Å². The van der Waals surface area contributed by atoms with Gasteiger partial charge in [0.2, 0.25) is 0 Å². The van der Waals surface area contributed by atoms with E-state index in [-0.39, 0.29) is 0 Å². The summed E-state index contributed by atoms with van der Waals surface area (Å²) in [7, 11) is 0. The Morgan fingerprint density at radius 3 is 3.00 bits per heavy atom. The summed E-state index contributed by atoms with van der Waals surface area (Å²) in [6, 6.07) is 8.35. The minimum absolute atomic E-state index is 0.826. The van der Waals surface area contributed by atoms with E-state index in [1.165, 1.54) is 11.1 Å². The highest BCUT2D eigenvalue weighted by molar-refractivity contribution is 9.10. The first-order valence-corrected chi connectivity index (χ1v) is 7.53. The number of aromatic nitrogens is 2. The summed E-state index contributed by atoms with van der Waals surface area (Å²) >= 11 is 3.49. The molecule has 0 fully saturated rings. The van der Waals surface area contributed by atoms with Crippen molar-refractivity contribution < 1.29 is 0 Å². The maximum absolute atomic E-state index is 4.42. The number of hydrogen-bond donors (Lipinski definition) is 1. The second kappa shape index (κ2) is 7.46. The maximum atomic E-state index is 4.42. The van der Waals surface area contributed by atoms with Gasteiger partial charge in [0.15, 0.2) is 0 Å². The lowest BCUT2D eigenvalue weighted by Crippen LogP contribution is -2.14. The van der Waals surface area contributed by atoms with Gasteiger partial charge in [-0.25, -0.2) is 0 Å². The molecular weight excluding hydrogens is 302 g/mol. The number of aryl methyl sites for hydroxylation is 1. The average Bonchev–Trinajstić information content (AvgIpc) is 2.82. The molecule has 0 radical (unpaired) electrons. The van der Waals surface area contributed by atoms with E-state index in [4.69, 9.17) is 0 Å². The van der Waals surface area contributed by atoms with Gasteiger partial charge in [0.1, 0.15) is 0 Å². The van der Waals surface area contributed by atoms with E-state index in [0.717, 1.165) is 36.9 Å². The van der Waals surface area contributed by atoms with Gasteiger partial charge in [-0.1, -0.05) is 35.0 Å². The van der Waals surface area contributed by atoms with Crippen molar-refractivity contribution in [2.75, 3.05) is 13.1 Å². The number of halogens is 1. The second-order valence-electron chi connectivity index (χ2n) is 4.63. The Hall–Kier alpha value is -1.13. The summed E-state index contributed by atoms with van der Waals surface area (Å²) in [6.07, 6.45) is 6.37. The van der Waals surface area contributed by atoms with Gasteiger partial charge in [-0.3, -0.25) is 4.68 Å². The molecule has 0 aliphatic carbocycles. The molecule has 0 saturated heterocycles. The van der Waals surface area contributed by atoms with Crippen molar-refractivity contribution >= 4 is 15.9 Å². The Kier molecular flexibility index (Phi) is 5.61. The van der Waals surface area contributed by atoms with Crippen molar-refractivity contribution in [3.8, 4) is 0 Å². The van der Waals surface area contributed by atoms with Crippen LogP contribution in [0, 0.1) is 0 Å². The van der Waals surface area contributed by atoms with Crippen LogP contribution < -0.4 is 5.32 Å². The largest absolute Gasteiger partial charge is 0.317 e. The molecule has 0 bridgehead atoms. The van der Waals surface area contributed by atoms with Crippen LogP contribution in [0.3, 0.4) is 0 Å². The topological polar surface area (TPSA) is 29.9 Å². The Morgan fingerprint density at radius 1 is 1.32 bits per heavy atom. The van der Waals surface area contributed by atoms with Crippen molar-refractivity contribution in [2.24, 2.45) is 0 Å². The van der Waals surface area contributed by atoms with Crippen LogP contribution in [0.25, 0.3) is 0 Å². The first-order valence-electron chi connectivity index (χ1n) is 6.74. The lowest BCUT2D eigenvalue weighted by molar-refractivity contribution is 0.669. The molecule has 2 rings (SSSR count). The van der Waals surface area contributed by atoms with Crippen LogP contribution in [0.5, 0.6) is 0 Å². The molecule has 0 spiro atoms. The zero-order valence-corrected chi connectivity index (χ0v) is 12.9. The summed E-state index contributed by atoms with van der Waals surface area (Å²) in [5, 5.41) is 7.76. The highest BCUT2D eigenvalue weighted by atomic mass is 79.9. The molecule has 3 nitrogen and oxygen atoms in total. The Labute approximate surface area is 123 Å². The van der Waals surface area contributed by atoms with Crippen LogP contribution in [-0.4, -0.2) is 22.9 Å². The summed E-state index contributed by atoms with van der Waals surface area (Å²) in [6.45, 7) is 5.08. The Morgan fingerprint density at radius 2 is 2.21 bits per heavy atom. The third-order valence-corrected chi connectivity index (χ3v) is 3.48. The molecule has 1 aromatic carbocycles. The van der Waals surface area contributed by atoms with E-state index >= 15 is 0 Å². The normalized spacial score (nSPS) is 10.8. The molecule has 1 heterocycles. The predicted molar refractivity (Wildman–Crippen MR) is 82.3 cm³/mol. The SMILES string of the molecule is CCNCCCc1cnn(Cc2cccc(Br)c2)c1. The highest BCUT2D eigenvalue weighted by Gasteiger charge is 2.00. The van der Waals surface area contributed by atoms with Crippen LogP contribution in [-0.2, 0) is 13.0 Å². The van der Waals surface area contributed by atoms with E-state index in [9.17, 15) is 0 Å². The highest BCUT2D eigenvalue weighted by Crippen LogP contribution is 2.13. The average molecular weight is 322 g/mol. The van der Waals surface area contributed by atoms with Crippen molar-refractivity contribution in [3.05, 3.63) is 52.3 Å². The standard InChI is InChI=1S/C15H20BrN3/c1-2-17-8-4-6-14-10-18-19(12-14)11-13-5-3-7-15(16)9-13/h3,5,7,9-10,12,17H,2,4,6,8,11H2,1H3. The molecule has 0 unspecified atom stereocenters. The number of nitrogens with one attached hydrogen (secondary N) is 1. The summed E-state index contributed by atoms with van der Waals surface area (Å²) in [5.74, 6) is 0. The maximum Gasteiger partial charge on any atom is 0.0659 e. The lowest BCUT2D eigenvalue weighted by Gasteiger charge is -2.02. The summed E-state index contributed by atoms with van der Waals surface area (Å²) < 4.78 is 3.12. The van der Waals surface area contributed by atoms with Gasteiger partial charge in [-0.05, 0) is 49.2 Å². The number of hydrogen-bond acceptors (Lipinski definition) is 2. The minimum Gasteiger partial charge on any atom is -0.317 e. The molecule has 1 aromatic heterocycles. The van der Waals surface area contributed by atoms with Gasteiger partial charge in [-0.2, -0.15) is 5.10 Å².